The third-order valence-electron chi connectivity index (χ3n) is 4.12. The van der Waals surface area contributed by atoms with Crippen molar-refractivity contribution in [3.8, 4) is 5.75 Å². The molecule has 2 aromatic carbocycles. The van der Waals surface area contributed by atoms with Gasteiger partial charge in [0, 0.05) is 7.05 Å². The maximum Gasteiger partial charge on any atom is 0.261 e. The van der Waals surface area contributed by atoms with Crippen molar-refractivity contribution < 1.29 is 17.9 Å². The van der Waals surface area contributed by atoms with E-state index in [0.717, 1.165) is 11.1 Å². The third kappa shape index (κ3) is 3.99. The van der Waals surface area contributed by atoms with Gasteiger partial charge in [-0.25, -0.2) is 8.42 Å². The third-order valence-corrected chi connectivity index (χ3v) is 5.46. The topological polar surface area (TPSA) is 84.5 Å². The molecule has 2 aromatic rings. The van der Waals surface area contributed by atoms with Crippen molar-refractivity contribution in [1.82, 2.24) is 5.32 Å². The van der Waals surface area contributed by atoms with Gasteiger partial charge in [-0.2, -0.15) is 0 Å². The number of anilines is 1. The molecule has 0 unspecified atom stereocenters. The van der Waals surface area contributed by atoms with Gasteiger partial charge in [-0.1, -0.05) is 32.0 Å². The van der Waals surface area contributed by atoms with Gasteiger partial charge in [0.2, 0.25) is 0 Å². The SMILES string of the molecule is CNC(=O)c1cc(S(=O)(=O)Nc2c(C)cccc2C(C)C)ccc1OC. The zero-order valence-electron chi connectivity index (χ0n) is 15.6. The molecule has 0 atom stereocenters. The van der Waals surface area contributed by atoms with Crippen molar-refractivity contribution in [3.63, 3.8) is 0 Å². The fourth-order valence-corrected chi connectivity index (χ4v) is 3.86. The molecule has 0 aliphatic heterocycles. The van der Waals surface area contributed by atoms with Gasteiger partial charge >= 0.3 is 0 Å². The van der Waals surface area contributed by atoms with E-state index < -0.39 is 15.9 Å². The second kappa shape index (κ2) is 7.78. The highest BCUT2D eigenvalue weighted by atomic mass is 32.2. The minimum Gasteiger partial charge on any atom is -0.496 e. The molecule has 0 spiro atoms. The second-order valence-corrected chi connectivity index (χ2v) is 7.92. The molecule has 0 radical (unpaired) electrons. The van der Waals surface area contributed by atoms with Crippen LogP contribution in [0.15, 0.2) is 41.3 Å². The van der Waals surface area contributed by atoms with E-state index in [9.17, 15) is 13.2 Å². The quantitative estimate of drug-likeness (QED) is 0.810. The molecule has 0 saturated heterocycles. The van der Waals surface area contributed by atoms with Gasteiger partial charge in [-0.05, 0) is 42.2 Å². The normalized spacial score (nSPS) is 11.3. The first kappa shape index (κ1) is 19.8. The molecule has 1 amide bonds. The number of methoxy groups -OCH3 is 1. The molecule has 0 bridgehead atoms. The minimum absolute atomic E-state index is 0.00476. The molecule has 6 nitrogen and oxygen atoms in total. The van der Waals surface area contributed by atoms with Crippen LogP contribution in [0.1, 0.15) is 41.3 Å². The van der Waals surface area contributed by atoms with E-state index in [1.807, 2.05) is 39.0 Å². The molecule has 0 fully saturated rings. The summed E-state index contributed by atoms with van der Waals surface area (Å²) < 4.78 is 33.6. The van der Waals surface area contributed by atoms with Gasteiger partial charge in [-0.15, -0.1) is 0 Å². The first-order valence-electron chi connectivity index (χ1n) is 8.23. The molecule has 0 heterocycles. The van der Waals surface area contributed by atoms with E-state index in [4.69, 9.17) is 4.74 Å². The lowest BCUT2D eigenvalue weighted by molar-refractivity contribution is 0.0960. The molecule has 0 saturated carbocycles. The van der Waals surface area contributed by atoms with Crippen LogP contribution >= 0.6 is 0 Å². The fraction of sp³-hybridized carbons (Fsp3) is 0.316. The lowest BCUT2D eigenvalue weighted by Gasteiger charge is -2.18. The summed E-state index contributed by atoms with van der Waals surface area (Å²) in [5.74, 6) is 0.0459. The first-order chi connectivity index (χ1) is 12.2. The number of benzene rings is 2. The van der Waals surface area contributed by atoms with E-state index in [0.29, 0.717) is 11.4 Å². The first-order valence-corrected chi connectivity index (χ1v) is 9.72. The number of hydrogen-bond donors (Lipinski definition) is 2. The number of carbonyl (C=O) groups is 1. The Morgan fingerprint density at radius 2 is 1.85 bits per heavy atom. The smallest absolute Gasteiger partial charge is 0.261 e. The Morgan fingerprint density at radius 1 is 1.15 bits per heavy atom. The average molecular weight is 376 g/mol. The Hall–Kier alpha value is -2.54. The van der Waals surface area contributed by atoms with Crippen LogP contribution in [0.2, 0.25) is 0 Å². The van der Waals surface area contributed by atoms with E-state index in [1.165, 1.54) is 32.4 Å². The second-order valence-electron chi connectivity index (χ2n) is 6.24. The van der Waals surface area contributed by atoms with E-state index in [1.54, 1.807) is 0 Å². The van der Waals surface area contributed by atoms with Crippen LogP contribution in [0.25, 0.3) is 0 Å². The molecule has 2 rings (SSSR count). The number of amides is 1. The summed E-state index contributed by atoms with van der Waals surface area (Å²) in [7, 11) is -0.964. The van der Waals surface area contributed by atoms with Crippen LogP contribution in [0, 0.1) is 6.92 Å². The van der Waals surface area contributed by atoms with Crippen LogP contribution in [0.3, 0.4) is 0 Å². The van der Waals surface area contributed by atoms with Gasteiger partial charge < -0.3 is 10.1 Å². The highest BCUT2D eigenvalue weighted by Gasteiger charge is 2.21. The summed E-state index contributed by atoms with van der Waals surface area (Å²) in [5, 5.41) is 2.48. The zero-order chi connectivity index (χ0) is 19.5. The molecular weight excluding hydrogens is 352 g/mol. The molecule has 0 aliphatic rings. The monoisotopic (exact) mass is 376 g/mol. The average Bonchev–Trinajstić information content (AvgIpc) is 2.61. The number of rotatable bonds is 6. The predicted octanol–water partition coefficient (Wildman–Crippen LogP) is 3.29. The molecule has 140 valence electrons. The van der Waals surface area contributed by atoms with Crippen LogP contribution in [-0.2, 0) is 10.0 Å². The van der Waals surface area contributed by atoms with Crippen molar-refractivity contribution in [2.75, 3.05) is 18.9 Å². The molecule has 26 heavy (non-hydrogen) atoms. The summed E-state index contributed by atoms with van der Waals surface area (Å²) in [5.41, 5.74) is 2.47. The number of aryl methyl sites for hydroxylation is 1. The number of carbonyl (C=O) groups excluding carboxylic acids is 1. The fourth-order valence-electron chi connectivity index (χ4n) is 2.67. The van der Waals surface area contributed by atoms with Crippen LogP contribution < -0.4 is 14.8 Å². The molecule has 0 aliphatic carbocycles. The summed E-state index contributed by atoms with van der Waals surface area (Å²) in [4.78, 5) is 12.0. The van der Waals surface area contributed by atoms with Crippen LogP contribution in [0.5, 0.6) is 5.75 Å². The van der Waals surface area contributed by atoms with Crippen molar-refractivity contribution in [2.24, 2.45) is 0 Å². The van der Waals surface area contributed by atoms with E-state index in [-0.39, 0.29) is 16.4 Å². The minimum atomic E-state index is -3.87. The highest BCUT2D eigenvalue weighted by molar-refractivity contribution is 7.92. The van der Waals surface area contributed by atoms with Crippen LogP contribution in [-0.4, -0.2) is 28.5 Å². The highest BCUT2D eigenvalue weighted by Crippen LogP contribution is 2.30. The summed E-state index contributed by atoms with van der Waals surface area (Å²) >= 11 is 0. The van der Waals surface area contributed by atoms with Gasteiger partial charge in [0.05, 0.1) is 23.3 Å². The van der Waals surface area contributed by atoms with Crippen molar-refractivity contribution in [1.29, 1.82) is 0 Å². The van der Waals surface area contributed by atoms with E-state index >= 15 is 0 Å². The summed E-state index contributed by atoms with van der Waals surface area (Å²) in [6.07, 6.45) is 0. The predicted molar refractivity (Wildman–Crippen MR) is 102 cm³/mol. The molecule has 2 N–H and O–H groups in total. The number of para-hydroxylation sites is 1. The molecular formula is C19H24N2O4S. The molecule has 7 heteroatoms. The Bertz CT molecular complexity index is 921. The summed E-state index contributed by atoms with van der Waals surface area (Å²) in [6.45, 7) is 5.86. The Kier molecular flexibility index (Phi) is 5.92. The molecule has 0 aromatic heterocycles. The van der Waals surface area contributed by atoms with Gasteiger partial charge in [-0.3, -0.25) is 9.52 Å². The van der Waals surface area contributed by atoms with E-state index in [2.05, 4.69) is 10.0 Å². The largest absolute Gasteiger partial charge is 0.496 e. The number of nitrogens with one attached hydrogen (secondary N) is 2. The maximum absolute atomic E-state index is 12.9. The Morgan fingerprint density at radius 3 is 2.42 bits per heavy atom. The number of hydrogen-bond acceptors (Lipinski definition) is 4. The van der Waals surface area contributed by atoms with Crippen molar-refractivity contribution in [3.05, 3.63) is 53.1 Å². The maximum atomic E-state index is 12.9. The van der Waals surface area contributed by atoms with Gasteiger partial charge in [0.1, 0.15) is 5.75 Å². The van der Waals surface area contributed by atoms with Crippen LogP contribution in [0.4, 0.5) is 5.69 Å². The summed E-state index contributed by atoms with van der Waals surface area (Å²) in [6, 6.07) is 9.86. The zero-order valence-corrected chi connectivity index (χ0v) is 16.4. The Labute approximate surface area is 154 Å². The van der Waals surface area contributed by atoms with Gasteiger partial charge in [0.25, 0.3) is 15.9 Å². The lowest BCUT2D eigenvalue weighted by atomic mass is 9.99. The van der Waals surface area contributed by atoms with Crippen molar-refractivity contribution >= 4 is 21.6 Å². The standard InChI is InChI=1S/C19H24N2O4S/c1-12(2)15-8-6-7-13(3)18(15)21-26(23,24)14-9-10-17(25-5)16(11-14)19(22)20-4/h6-12,21H,1-5H3,(H,20,22). The lowest BCUT2D eigenvalue weighted by Crippen LogP contribution is -2.20. The van der Waals surface area contributed by atoms with Crippen molar-refractivity contribution in [2.45, 2.75) is 31.6 Å². The Balaban J connectivity index is 2.51. The number of sulfonamides is 1. The van der Waals surface area contributed by atoms with Gasteiger partial charge in [0.15, 0.2) is 0 Å². The number of ether oxygens (including phenoxy) is 1.